The van der Waals surface area contributed by atoms with Gasteiger partial charge < -0.3 is 0 Å². The topological polar surface area (TPSA) is 61.2 Å². The molecule has 0 unspecified atom stereocenters. The van der Waals surface area contributed by atoms with E-state index in [1.165, 1.54) is 30.3 Å². The number of rotatable bonds is 6. The molecule has 0 radical (unpaired) electrons. The molecule has 0 bridgehead atoms. The second-order valence-electron chi connectivity index (χ2n) is 6.24. The maximum absolute atomic E-state index is 14.2. The molecule has 148 valence electrons. The Morgan fingerprint density at radius 3 is 2.03 bits per heavy atom. The molecule has 0 saturated heterocycles. The first kappa shape index (κ1) is 20.9. The molecule has 0 atom stereocenters. The number of hydrogen-bond donors (Lipinski definition) is 0. The van der Waals surface area contributed by atoms with Gasteiger partial charge in [0.15, 0.2) is 0 Å². The van der Waals surface area contributed by atoms with E-state index >= 15 is 0 Å². The van der Waals surface area contributed by atoms with Gasteiger partial charge >= 0.3 is 0 Å². The molecule has 3 rings (SSSR count). The van der Waals surface area contributed by atoms with Crippen molar-refractivity contribution in [2.45, 2.75) is 18.0 Å². The number of nitrogens with zero attached hydrogens (tertiary/aromatic N) is 2. The summed E-state index contributed by atoms with van der Waals surface area (Å²) in [4.78, 5) is -0.0488. The molecule has 4 nitrogen and oxygen atoms in total. The highest BCUT2D eigenvalue weighted by Gasteiger charge is 2.27. The van der Waals surface area contributed by atoms with Crippen LogP contribution in [-0.2, 0) is 23.1 Å². The van der Waals surface area contributed by atoms with Crippen molar-refractivity contribution in [2.24, 2.45) is 0 Å². The van der Waals surface area contributed by atoms with Gasteiger partial charge in [0.05, 0.1) is 16.5 Å². The average Bonchev–Trinajstić information content (AvgIpc) is 2.70. The summed E-state index contributed by atoms with van der Waals surface area (Å²) >= 11 is 5.84. The summed E-state index contributed by atoms with van der Waals surface area (Å²) in [7, 11) is -4.09. The van der Waals surface area contributed by atoms with Gasteiger partial charge in [-0.2, -0.15) is 9.57 Å². The van der Waals surface area contributed by atoms with E-state index in [0.29, 0.717) is 16.1 Å². The maximum atomic E-state index is 14.2. The number of benzene rings is 3. The largest absolute Gasteiger partial charge is 0.243 e. The van der Waals surface area contributed by atoms with E-state index in [0.717, 1.165) is 16.4 Å². The van der Waals surface area contributed by atoms with Crippen LogP contribution in [0.2, 0.25) is 5.02 Å². The minimum absolute atomic E-state index is 0.0488. The summed E-state index contributed by atoms with van der Waals surface area (Å²) in [6, 6.07) is 17.2. The van der Waals surface area contributed by atoms with Crippen LogP contribution in [0.15, 0.2) is 71.6 Å². The van der Waals surface area contributed by atoms with Gasteiger partial charge in [-0.1, -0.05) is 29.8 Å². The van der Waals surface area contributed by atoms with Crippen LogP contribution in [0.1, 0.15) is 16.7 Å². The third kappa shape index (κ3) is 4.80. The van der Waals surface area contributed by atoms with Crippen molar-refractivity contribution < 1.29 is 17.2 Å². The van der Waals surface area contributed by atoms with E-state index in [1.54, 1.807) is 24.3 Å². The van der Waals surface area contributed by atoms with Gasteiger partial charge in [-0.15, -0.1) is 0 Å². The molecule has 0 saturated carbocycles. The minimum atomic E-state index is -4.09. The predicted octanol–water partition coefficient (Wildman–Crippen LogP) is 4.88. The van der Waals surface area contributed by atoms with Gasteiger partial charge in [0.25, 0.3) is 0 Å². The molecule has 0 aromatic heterocycles. The quantitative estimate of drug-likeness (QED) is 0.557. The maximum Gasteiger partial charge on any atom is 0.243 e. The Morgan fingerprint density at radius 2 is 1.48 bits per heavy atom. The van der Waals surface area contributed by atoms with E-state index in [9.17, 15) is 17.2 Å². The van der Waals surface area contributed by atoms with Crippen LogP contribution in [0.3, 0.4) is 0 Å². The summed E-state index contributed by atoms with van der Waals surface area (Å²) in [6.45, 7) is -0.631. The molecular weight excluding hydrogens is 418 g/mol. The summed E-state index contributed by atoms with van der Waals surface area (Å²) in [5.74, 6) is -1.66. The van der Waals surface area contributed by atoms with Gasteiger partial charge in [-0.3, -0.25) is 0 Å². The van der Waals surface area contributed by atoms with E-state index in [2.05, 4.69) is 0 Å². The molecule has 0 fully saturated rings. The van der Waals surface area contributed by atoms with Crippen LogP contribution in [0.5, 0.6) is 0 Å². The van der Waals surface area contributed by atoms with Crippen molar-refractivity contribution in [3.8, 4) is 6.07 Å². The van der Waals surface area contributed by atoms with Crippen LogP contribution in [0, 0.1) is 23.0 Å². The summed E-state index contributed by atoms with van der Waals surface area (Å²) in [5.41, 5.74) is 0.637. The lowest BCUT2D eigenvalue weighted by Gasteiger charge is -2.23. The Labute approximate surface area is 172 Å². The van der Waals surface area contributed by atoms with Crippen LogP contribution in [-0.4, -0.2) is 12.7 Å². The Kier molecular flexibility index (Phi) is 6.28. The first-order valence-electron chi connectivity index (χ1n) is 8.49. The van der Waals surface area contributed by atoms with Gasteiger partial charge in [0.1, 0.15) is 11.6 Å². The van der Waals surface area contributed by atoms with E-state index in [1.807, 2.05) is 6.07 Å². The Morgan fingerprint density at radius 1 is 0.897 bits per heavy atom. The SMILES string of the molecule is N#Cc1ccc(CN(Cc2c(F)cccc2F)S(=O)(=O)c2ccc(Cl)cc2)cc1. The third-order valence-electron chi connectivity index (χ3n) is 4.29. The fourth-order valence-corrected chi connectivity index (χ4v) is 4.25. The van der Waals surface area contributed by atoms with Gasteiger partial charge in [0, 0.05) is 23.7 Å². The van der Waals surface area contributed by atoms with Crippen LogP contribution < -0.4 is 0 Å². The van der Waals surface area contributed by atoms with Crippen molar-refractivity contribution in [1.82, 2.24) is 4.31 Å². The Balaban J connectivity index is 2.02. The lowest BCUT2D eigenvalue weighted by Crippen LogP contribution is -2.31. The molecule has 3 aromatic rings. The monoisotopic (exact) mass is 432 g/mol. The number of hydrogen-bond acceptors (Lipinski definition) is 3. The molecule has 0 amide bonds. The van der Waals surface area contributed by atoms with E-state index in [4.69, 9.17) is 16.9 Å². The molecule has 0 aliphatic carbocycles. The van der Waals surface area contributed by atoms with Crippen LogP contribution >= 0.6 is 11.6 Å². The lowest BCUT2D eigenvalue weighted by molar-refractivity contribution is 0.384. The lowest BCUT2D eigenvalue weighted by atomic mass is 10.1. The van der Waals surface area contributed by atoms with E-state index in [-0.39, 0.29) is 17.0 Å². The summed E-state index contributed by atoms with van der Waals surface area (Å²) in [6.07, 6.45) is 0. The Hall–Kier alpha value is -2.79. The highest BCUT2D eigenvalue weighted by molar-refractivity contribution is 7.89. The molecule has 3 aromatic carbocycles. The zero-order chi connectivity index (χ0) is 21.0. The molecule has 8 heteroatoms. The van der Waals surface area contributed by atoms with Crippen molar-refractivity contribution in [1.29, 1.82) is 5.26 Å². The smallest absolute Gasteiger partial charge is 0.207 e. The fraction of sp³-hybridized carbons (Fsp3) is 0.0952. The number of nitriles is 1. The minimum Gasteiger partial charge on any atom is -0.207 e. The van der Waals surface area contributed by atoms with Gasteiger partial charge in [-0.25, -0.2) is 17.2 Å². The van der Waals surface area contributed by atoms with Crippen molar-refractivity contribution in [3.63, 3.8) is 0 Å². The second kappa shape index (κ2) is 8.70. The summed E-state index contributed by atoms with van der Waals surface area (Å²) < 4.78 is 55.7. The average molecular weight is 433 g/mol. The van der Waals surface area contributed by atoms with Crippen molar-refractivity contribution in [3.05, 3.63) is 100 Å². The molecule has 29 heavy (non-hydrogen) atoms. The molecule has 0 N–H and O–H groups in total. The zero-order valence-corrected chi connectivity index (χ0v) is 16.6. The Bertz CT molecular complexity index is 1140. The first-order chi connectivity index (χ1) is 13.8. The zero-order valence-electron chi connectivity index (χ0n) is 15.0. The molecule has 0 heterocycles. The number of sulfonamides is 1. The highest BCUT2D eigenvalue weighted by atomic mass is 35.5. The standard InChI is InChI=1S/C21H15ClF2N2O2S/c22-17-8-10-18(11-9-17)29(27,28)26(13-16-6-4-15(12-25)5-7-16)14-19-20(23)2-1-3-21(19)24/h1-11H,13-14H2. The van der Waals surface area contributed by atoms with Gasteiger partial charge in [0.2, 0.25) is 10.0 Å². The number of halogens is 3. The van der Waals surface area contributed by atoms with Crippen LogP contribution in [0.4, 0.5) is 8.78 Å². The second-order valence-corrected chi connectivity index (χ2v) is 8.61. The third-order valence-corrected chi connectivity index (χ3v) is 6.35. The van der Waals surface area contributed by atoms with Crippen molar-refractivity contribution in [2.75, 3.05) is 0 Å². The van der Waals surface area contributed by atoms with E-state index < -0.39 is 28.2 Å². The predicted molar refractivity (Wildman–Crippen MR) is 105 cm³/mol. The molecular formula is C21H15ClF2N2O2S. The molecule has 0 spiro atoms. The van der Waals surface area contributed by atoms with Crippen molar-refractivity contribution >= 4 is 21.6 Å². The molecule has 0 aliphatic heterocycles. The first-order valence-corrected chi connectivity index (χ1v) is 10.3. The molecule has 0 aliphatic rings. The summed E-state index contributed by atoms with van der Waals surface area (Å²) in [5, 5.41) is 9.28. The van der Waals surface area contributed by atoms with Gasteiger partial charge in [-0.05, 0) is 54.1 Å². The highest BCUT2D eigenvalue weighted by Crippen LogP contribution is 2.24. The van der Waals surface area contributed by atoms with Crippen LogP contribution in [0.25, 0.3) is 0 Å². The normalized spacial score (nSPS) is 11.4. The fourth-order valence-electron chi connectivity index (χ4n) is 2.73.